The minimum atomic E-state index is -0.445. The maximum absolute atomic E-state index is 13.2. The Bertz CT molecular complexity index is 658. The molecule has 2 aromatic rings. The lowest BCUT2D eigenvalue weighted by molar-refractivity contribution is 0.312. The van der Waals surface area contributed by atoms with Crippen LogP contribution >= 0.6 is 11.6 Å². The molecule has 116 valence electrons. The van der Waals surface area contributed by atoms with Crippen molar-refractivity contribution in [1.29, 1.82) is 0 Å². The lowest BCUT2D eigenvalue weighted by Gasteiger charge is -2.33. The number of aromatic nitrogens is 2. The molecular weight excluding hydrogens is 305 g/mol. The van der Waals surface area contributed by atoms with Gasteiger partial charge in [0.2, 0.25) is 5.95 Å². The number of piperazine rings is 1. The van der Waals surface area contributed by atoms with E-state index < -0.39 is 5.82 Å². The molecule has 0 bridgehead atoms. The van der Waals surface area contributed by atoms with E-state index in [0.717, 1.165) is 32.0 Å². The monoisotopic (exact) mass is 321 g/mol. The van der Waals surface area contributed by atoms with Crippen molar-refractivity contribution in [3.05, 3.63) is 41.3 Å². The van der Waals surface area contributed by atoms with E-state index in [9.17, 15) is 4.39 Å². The van der Waals surface area contributed by atoms with Gasteiger partial charge in [0.25, 0.3) is 0 Å². The zero-order valence-corrected chi connectivity index (χ0v) is 13.0. The Labute approximate surface area is 133 Å². The van der Waals surface area contributed by atoms with Crippen LogP contribution in [0.25, 0.3) is 0 Å². The van der Waals surface area contributed by atoms with E-state index in [0.29, 0.717) is 11.6 Å². The summed E-state index contributed by atoms with van der Waals surface area (Å²) in [5.74, 6) is 0.914. The Balaban J connectivity index is 1.74. The molecule has 0 amide bonds. The Hall–Kier alpha value is -1.92. The van der Waals surface area contributed by atoms with Crippen LogP contribution in [0.2, 0.25) is 5.02 Å². The van der Waals surface area contributed by atoms with Gasteiger partial charge < -0.3 is 15.1 Å². The number of hydrogen-bond donors (Lipinski definition) is 1. The van der Waals surface area contributed by atoms with Crippen LogP contribution in [0.3, 0.4) is 0 Å². The first-order valence-corrected chi connectivity index (χ1v) is 7.48. The number of anilines is 3. The van der Waals surface area contributed by atoms with Gasteiger partial charge in [-0.1, -0.05) is 11.6 Å². The Kier molecular flexibility index (Phi) is 4.40. The minimum absolute atomic E-state index is 0.0697. The molecule has 0 atom stereocenters. The predicted molar refractivity (Wildman–Crippen MR) is 86.4 cm³/mol. The summed E-state index contributed by atoms with van der Waals surface area (Å²) in [6.45, 7) is 3.91. The summed E-state index contributed by atoms with van der Waals surface area (Å²) < 4.78 is 13.2. The van der Waals surface area contributed by atoms with Crippen molar-refractivity contribution in [1.82, 2.24) is 14.9 Å². The zero-order chi connectivity index (χ0) is 15.5. The average Bonchev–Trinajstić information content (AvgIpc) is 2.52. The third-order valence-electron chi connectivity index (χ3n) is 3.64. The third-order valence-corrected chi connectivity index (χ3v) is 3.93. The predicted octanol–water partition coefficient (Wildman–Crippen LogP) is 2.76. The molecule has 0 unspecified atom stereocenters. The van der Waals surface area contributed by atoms with Gasteiger partial charge >= 0.3 is 0 Å². The molecule has 1 saturated heterocycles. The topological polar surface area (TPSA) is 44.3 Å². The Morgan fingerprint density at radius 2 is 1.95 bits per heavy atom. The maximum Gasteiger partial charge on any atom is 0.229 e. The molecule has 1 aliphatic rings. The van der Waals surface area contributed by atoms with Crippen LogP contribution in [0, 0.1) is 5.82 Å². The molecule has 1 aromatic carbocycles. The summed E-state index contributed by atoms with van der Waals surface area (Å²) in [6, 6.07) is 6.33. The Morgan fingerprint density at radius 1 is 1.18 bits per heavy atom. The Morgan fingerprint density at radius 3 is 2.68 bits per heavy atom. The van der Waals surface area contributed by atoms with Crippen LogP contribution in [-0.2, 0) is 0 Å². The molecule has 7 heteroatoms. The van der Waals surface area contributed by atoms with Crippen molar-refractivity contribution in [3.8, 4) is 0 Å². The van der Waals surface area contributed by atoms with E-state index in [1.165, 1.54) is 12.1 Å². The second-order valence-corrected chi connectivity index (χ2v) is 5.69. The molecule has 1 fully saturated rings. The lowest BCUT2D eigenvalue weighted by Crippen LogP contribution is -2.44. The normalized spacial score (nSPS) is 15.9. The first kappa shape index (κ1) is 15.0. The second-order valence-electron chi connectivity index (χ2n) is 5.28. The summed E-state index contributed by atoms with van der Waals surface area (Å²) in [6.07, 6.45) is 1.72. The van der Waals surface area contributed by atoms with Crippen LogP contribution in [0.15, 0.2) is 30.5 Å². The highest BCUT2D eigenvalue weighted by molar-refractivity contribution is 6.31. The molecule has 0 aliphatic carbocycles. The van der Waals surface area contributed by atoms with Crippen LogP contribution in [0.4, 0.5) is 21.8 Å². The van der Waals surface area contributed by atoms with Crippen molar-refractivity contribution >= 4 is 29.1 Å². The van der Waals surface area contributed by atoms with Gasteiger partial charge in [0.1, 0.15) is 11.6 Å². The fraction of sp³-hybridized carbons (Fsp3) is 0.333. The lowest BCUT2D eigenvalue weighted by atomic mass is 10.3. The SMILES string of the molecule is CN1CCN(c2ccnc(Nc3ccc(F)c(Cl)c3)n2)CC1. The highest BCUT2D eigenvalue weighted by Crippen LogP contribution is 2.22. The molecule has 5 nitrogen and oxygen atoms in total. The average molecular weight is 322 g/mol. The molecule has 0 spiro atoms. The van der Waals surface area contributed by atoms with Crippen molar-refractivity contribution in [2.75, 3.05) is 43.4 Å². The number of benzene rings is 1. The smallest absolute Gasteiger partial charge is 0.229 e. The van der Waals surface area contributed by atoms with Crippen molar-refractivity contribution < 1.29 is 4.39 Å². The minimum Gasteiger partial charge on any atom is -0.354 e. The zero-order valence-electron chi connectivity index (χ0n) is 12.3. The summed E-state index contributed by atoms with van der Waals surface area (Å²) >= 11 is 5.78. The van der Waals surface area contributed by atoms with Gasteiger partial charge in [-0.2, -0.15) is 4.98 Å². The van der Waals surface area contributed by atoms with Gasteiger partial charge in [-0.25, -0.2) is 9.37 Å². The van der Waals surface area contributed by atoms with E-state index in [2.05, 4.69) is 32.1 Å². The molecule has 1 aliphatic heterocycles. The molecule has 0 radical (unpaired) electrons. The van der Waals surface area contributed by atoms with Crippen LogP contribution in [0.1, 0.15) is 0 Å². The number of halogens is 2. The number of likely N-dealkylation sites (N-methyl/N-ethyl adjacent to an activating group) is 1. The molecular formula is C15H17ClFN5. The van der Waals surface area contributed by atoms with Gasteiger partial charge in [0.15, 0.2) is 0 Å². The highest BCUT2D eigenvalue weighted by atomic mass is 35.5. The number of hydrogen-bond acceptors (Lipinski definition) is 5. The molecule has 0 saturated carbocycles. The maximum atomic E-state index is 13.2. The molecule has 1 N–H and O–H groups in total. The fourth-order valence-corrected chi connectivity index (χ4v) is 2.50. The van der Waals surface area contributed by atoms with E-state index >= 15 is 0 Å². The number of nitrogens with one attached hydrogen (secondary N) is 1. The summed E-state index contributed by atoms with van der Waals surface area (Å²) in [5, 5.41) is 3.12. The van der Waals surface area contributed by atoms with Crippen molar-refractivity contribution in [2.45, 2.75) is 0 Å². The molecule has 1 aromatic heterocycles. The first-order valence-electron chi connectivity index (χ1n) is 7.10. The van der Waals surface area contributed by atoms with Crippen molar-refractivity contribution in [3.63, 3.8) is 0 Å². The van der Waals surface area contributed by atoms with Gasteiger partial charge in [-0.3, -0.25) is 0 Å². The van der Waals surface area contributed by atoms with E-state index in [1.807, 2.05) is 6.07 Å². The molecule has 3 rings (SSSR count). The molecule has 2 heterocycles. The number of rotatable bonds is 3. The van der Waals surface area contributed by atoms with Gasteiger partial charge in [0, 0.05) is 38.1 Å². The standard InChI is InChI=1S/C15H17ClFN5/c1-21-6-8-22(9-7-21)14-4-5-18-15(20-14)19-11-2-3-13(17)12(16)10-11/h2-5,10H,6-9H2,1H3,(H,18,19,20). The van der Waals surface area contributed by atoms with E-state index in [1.54, 1.807) is 12.3 Å². The first-order chi connectivity index (χ1) is 10.6. The fourth-order valence-electron chi connectivity index (χ4n) is 2.32. The summed E-state index contributed by atoms with van der Waals surface area (Å²) in [7, 11) is 2.11. The molecule has 22 heavy (non-hydrogen) atoms. The quantitative estimate of drug-likeness (QED) is 0.941. The van der Waals surface area contributed by atoms with Crippen molar-refractivity contribution in [2.24, 2.45) is 0 Å². The van der Waals surface area contributed by atoms with Gasteiger partial charge in [0.05, 0.1) is 5.02 Å². The number of nitrogens with zero attached hydrogens (tertiary/aromatic N) is 4. The second kappa shape index (κ2) is 6.46. The van der Waals surface area contributed by atoms with Crippen LogP contribution < -0.4 is 10.2 Å². The van der Waals surface area contributed by atoms with Crippen LogP contribution in [-0.4, -0.2) is 48.1 Å². The largest absolute Gasteiger partial charge is 0.354 e. The van der Waals surface area contributed by atoms with E-state index in [-0.39, 0.29) is 5.02 Å². The highest BCUT2D eigenvalue weighted by Gasteiger charge is 2.15. The van der Waals surface area contributed by atoms with Gasteiger partial charge in [-0.15, -0.1) is 0 Å². The summed E-state index contributed by atoms with van der Waals surface area (Å²) in [5.41, 5.74) is 0.655. The van der Waals surface area contributed by atoms with E-state index in [4.69, 9.17) is 11.6 Å². The summed E-state index contributed by atoms with van der Waals surface area (Å²) in [4.78, 5) is 13.2. The van der Waals surface area contributed by atoms with Crippen LogP contribution in [0.5, 0.6) is 0 Å². The third kappa shape index (κ3) is 3.45. The van der Waals surface area contributed by atoms with Gasteiger partial charge in [-0.05, 0) is 31.3 Å².